The summed E-state index contributed by atoms with van der Waals surface area (Å²) in [6.07, 6.45) is -0.225. The number of aromatic carboxylic acids is 1. The van der Waals surface area contributed by atoms with Gasteiger partial charge in [-0.25, -0.2) is 9.59 Å². The minimum absolute atomic E-state index is 0.0552. The second-order valence-corrected chi connectivity index (χ2v) is 8.63. The van der Waals surface area contributed by atoms with E-state index in [1.807, 2.05) is 31.2 Å². The van der Waals surface area contributed by atoms with Gasteiger partial charge >= 0.3 is 12.1 Å². The summed E-state index contributed by atoms with van der Waals surface area (Å²) in [4.78, 5) is 38.1. The molecule has 0 fully saturated rings. The van der Waals surface area contributed by atoms with E-state index in [1.54, 1.807) is 19.2 Å². The van der Waals surface area contributed by atoms with E-state index < -0.39 is 18.1 Å². The highest BCUT2D eigenvalue weighted by atomic mass is 16.5. The molecule has 1 aliphatic carbocycles. The lowest BCUT2D eigenvalue weighted by molar-refractivity contribution is -0.132. The molecule has 35 heavy (non-hydrogen) atoms. The van der Waals surface area contributed by atoms with Gasteiger partial charge in [0.15, 0.2) is 0 Å². The Morgan fingerprint density at radius 1 is 0.943 bits per heavy atom. The first-order chi connectivity index (χ1) is 16.9. The highest BCUT2D eigenvalue weighted by Gasteiger charge is 2.30. The van der Waals surface area contributed by atoms with Crippen LogP contribution in [0.5, 0.6) is 0 Å². The molecule has 0 spiro atoms. The summed E-state index contributed by atoms with van der Waals surface area (Å²) >= 11 is 0. The third kappa shape index (κ3) is 5.19. The number of rotatable bonds is 8. The fraction of sp³-hybridized carbons (Fsp3) is 0.250. The molecule has 2 N–H and O–H groups in total. The topological polar surface area (TPSA) is 95.9 Å². The molecule has 2 amide bonds. The van der Waals surface area contributed by atoms with Crippen LogP contribution in [0, 0.1) is 0 Å². The van der Waals surface area contributed by atoms with Gasteiger partial charge in [0.1, 0.15) is 12.6 Å². The van der Waals surface area contributed by atoms with Gasteiger partial charge in [0.05, 0.1) is 5.56 Å². The van der Waals surface area contributed by atoms with E-state index in [0.29, 0.717) is 13.0 Å². The molecule has 0 aliphatic heterocycles. The summed E-state index contributed by atoms with van der Waals surface area (Å²) in [5.41, 5.74) is 5.53. The average Bonchev–Trinajstić information content (AvgIpc) is 3.19. The van der Waals surface area contributed by atoms with Crippen LogP contribution in [0.3, 0.4) is 0 Å². The number of hydrogen-bond donors (Lipinski definition) is 2. The number of hydrogen-bond acceptors (Lipinski definition) is 4. The van der Waals surface area contributed by atoms with Crippen LogP contribution in [0.4, 0.5) is 4.79 Å². The standard InChI is InChI=1S/C28H28N2O5/c1-3-25(26(31)30(2)16-18-12-14-19(15-13-18)27(32)33)29-28(34)35-17-24-22-10-6-4-8-20(22)21-9-5-7-11-23(21)24/h4-15,24-25H,3,16-17H2,1-2H3,(H,29,34)(H,32,33)/t25-/m0/s1. The van der Waals surface area contributed by atoms with Crippen molar-refractivity contribution in [2.24, 2.45) is 0 Å². The summed E-state index contributed by atoms with van der Waals surface area (Å²) in [7, 11) is 1.65. The smallest absolute Gasteiger partial charge is 0.407 e. The molecular formula is C28H28N2O5. The summed E-state index contributed by atoms with van der Waals surface area (Å²) in [5.74, 6) is -1.30. The SMILES string of the molecule is CC[C@H](NC(=O)OCC1c2ccccc2-c2ccccc21)C(=O)N(C)Cc1ccc(C(=O)O)cc1. The summed E-state index contributed by atoms with van der Waals surface area (Å²) < 4.78 is 5.58. The van der Waals surface area contributed by atoms with Crippen molar-refractivity contribution in [2.45, 2.75) is 31.8 Å². The number of fused-ring (bicyclic) bond motifs is 3. The van der Waals surface area contributed by atoms with Gasteiger partial charge in [0.2, 0.25) is 5.91 Å². The summed E-state index contributed by atoms with van der Waals surface area (Å²) in [6.45, 7) is 2.29. The van der Waals surface area contributed by atoms with E-state index in [-0.39, 0.29) is 24.0 Å². The Labute approximate surface area is 204 Å². The maximum atomic E-state index is 12.9. The molecule has 7 nitrogen and oxygen atoms in total. The number of alkyl carbamates (subject to hydrolysis) is 1. The molecule has 0 saturated heterocycles. The van der Waals surface area contributed by atoms with E-state index in [2.05, 4.69) is 29.6 Å². The largest absolute Gasteiger partial charge is 0.478 e. The molecule has 0 bridgehead atoms. The number of ether oxygens (including phenoxy) is 1. The highest BCUT2D eigenvalue weighted by Crippen LogP contribution is 2.44. The van der Waals surface area contributed by atoms with Gasteiger partial charge in [-0.2, -0.15) is 0 Å². The van der Waals surface area contributed by atoms with Gasteiger partial charge in [0.25, 0.3) is 0 Å². The van der Waals surface area contributed by atoms with Crippen molar-refractivity contribution < 1.29 is 24.2 Å². The molecule has 1 atom stereocenters. The first-order valence-electron chi connectivity index (χ1n) is 11.6. The first-order valence-corrected chi connectivity index (χ1v) is 11.6. The average molecular weight is 473 g/mol. The highest BCUT2D eigenvalue weighted by molar-refractivity contribution is 5.88. The number of nitrogens with zero attached hydrogens (tertiary/aromatic N) is 1. The Bertz CT molecular complexity index is 1190. The number of carboxylic acids is 1. The number of carbonyl (C=O) groups excluding carboxylic acids is 2. The molecular weight excluding hydrogens is 444 g/mol. The number of nitrogens with one attached hydrogen (secondary N) is 1. The van der Waals surface area contributed by atoms with Crippen LogP contribution in [0.25, 0.3) is 11.1 Å². The fourth-order valence-corrected chi connectivity index (χ4v) is 4.49. The van der Waals surface area contributed by atoms with Crippen LogP contribution in [0.15, 0.2) is 72.8 Å². The Kier molecular flexibility index (Phi) is 7.15. The summed E-state index contributed by atoms with van der Waals surface area (Å²) in [5, 5.41) is 11.7. The second kappa shape index (κ2) is 10.4. The van der Waals surface area contributed by atoms with Gasteiger partial charge < -0.3 is 20.1 Å². The van der Waals surface area contributed by atoms with Crippen LogP contribution in [0.1, 0.15) is 46.3 Å². The predicted molar refractivity (Wildman–Crippen MR) is 132 cm³/mol. The molecule has 3 aromatic carbocycles. The number of benzene rings is 3. The lowest BCUT2D eigenvalue weighted by Crippen LogP contribution is -2.47. The molecule has 3 aromatic rings. The van der Waals surface area contributed by atoms with Crippen molar-refractivity contribution >= 4 is 18.0 Å². The third-order valence-corrected chi connectivity index (χ3v) is 6.34. The fourth-order valence-electron chi connectivity index (χ4n) is 4.49. The van der Waals surface area contributed by atoms with E-state index in [1.165, 1.54) is 17.0 Å². The normalized spacial score (nSPS) is 12.9. The lowest BCUT2D eigenvalue weighted by Gasteiger charge is -2.24. The van der Waals surface area contributed by atoms with Gasteiger partial charge in [-0.3, -0.25) is 4.79 Å². The molecule has 0 heterocycles. The van der Waals surface area contributed by atoms with Gasteiger partial charge in [-0.15, -0.1) is 0 Å². The predicted octanol–water partition coefficient (Wildman–Crippen LogP) is 4.66. The molecule has 4 rings (SSSR count). The molecule has 0 radical (unpaired) electrons. The molecule has 0 unspecified atom stereocenters. The zero-order valence-corrected chi connectivity index (χ0v) is 19.7. The molecule has 0 aromatic heterocycles. The van der Waals surface area contributed by atoms with E-state index in [0.717, 1.165) is 27.8 Å². The van der Waals surface area contributed by atoms with Crippen molar-refractivity contribution in [3.8, 4) is 11.1 Å². The van der Waals surface area contributed by atoms with Crippen molar-refractivity contribution in [1.82, 2.24) is 10.2 Å². The Hall–Kier alpha value is -4.13. The van der Waals surface area contributed by atoms with Crippen molar-refractivity contribution in [3.63, 3.8) is 0 Å². The number of carboxylic acid groups (broad SMARTS) is 1. The zero-order valence-electron chi connectivity index (χ0n) is 19.7. The van der Waals surface area contributed by atoms with Crippen molar-refractivity contribution in [2.75, 3.05) is 13.7 Å². The maximum absolute atomic E-state index is 12.9. The van der Waals surface area contributed by atoms with E-state index in [4.69, 9.17) is 9.84 Å². The van der Waals surface area contributed by atoms with Gasteiger partial charge in [0, 0.05) is 19.5 Å². The summed E-state index contributed by atoms with van der Waals surface area (Å²) in [6, 6.07) is 21.8. The van der Waals surface area contributed by atoms with E-state index in [9.17, 15) is 14.4 Å². The molecule has 0 saturated carbocycles. The van der Waals surface area contributed by atoms with Crippen LogP contribution in [-0.2, 0) is 16.1 Å². The second-order valence-electron chi connectivity index (χ2n) is 8.63. The molecule has 180 valence electrons. The minimum Gasteiger partial charge on any atom is -0.478 e. The Morgan fingerprint density at radius 2 is 1.51 bits per heavy atom. The number of amides is 2. The van der Waals surface area contributed by atoms with Crippen LogP contribution < -0.4 is 5.32 Å². The third-order valence-electron chi connectivity index (χ3n) is 6.34. The zero-order chi connectivity index (χ0) is 24.9. The molecule has 1 aliphatic rings. The van der Waals surface area contributed by atoms with E-state index >= 15 is 0 Å². The Balaban J connectivity index is 1.35. The number of likely N-dealkylation sites (N-methyl/N-ethyl adjacent to an activating group) is 1. The minimum atomic E-state index is -1.00. The lowest BCUT2D eigenvalue weighted by atomic mass is 9.98. The first kappa shape index (κ1) is 24.0. The van der Waals surface area contributed by atoms with Crippen LogP contribution in [0.2, 0.25) is 0 Å². The van der Waals surface area contributed by atoms with Crippen molar-refractivity contribution in [1.29, 1.82) is 0 Å². The maximum Gasteiger partial charge on any atom is 0.407 e. The van der Waals surface area contributed by atoms with Crippen molar-refractivity contribution in [3.05, 3.63) is 95.1 Å². The quantitative estimate of drug-likeness (QED) is 0.497. The number of carbonyl (C=O) groups is 3. The monoisotopic (exact) mass is 472 g/mol. The molecule has 7 heteroatoms. The van der Waals surface area contributed by atoms with Crippen LogP contribution in [-0.4, -0.2) is 47.7 Å². The van der Waals surface area contributed by atoms with Gasteiger partial charge in [-0.1, -0.05) is 67.6 Å². The van der Waals surface area contributed by atoms with Crippen LogP contribution >= 0.6 is 0 Å². The van der Waals surface area contributed by atoms with Gasteiger partial charge in [-0.05, 0) is 46.4 Å². The Morgan fingerprint density at radius 3 is 2.06 bits per heavy atom.